The summed E-state index contributed by atoms with van der Waals surface area (Å²) in [6, 6.07) is 13.2. The molecule has 1 aromatic carbocycles. The SMILES string of the molecule is Cc1cc(Nc2ncnc3ccc(OC4CCN(C(=O)OC(C)(C)C)CC4)nc23)ccc1Oc1ccn2ncnc2c1. The number of aromatic nitrogens is 6. The fourth-order valence-corrected chi connectivity index (χ4v) is 4.70. The van der Waals surface area contributed by atoms with Gasteiger partial charge in [-0.15, -0.1) is 0 Å². The fraction of sp³-hybridized carbons (Fsp3) is 0.333. The minimum atomic E-state index is -0.518. The van der Waals surface area contributed by atoms with E-state index in [1.54, 1.807) is 15.6 Å². The largest absolute Gasteiger partial charge is 0.474 e. The number of anilines is 2. The highest BCUT2D eigenvalue weighted by Crippen LogP contribution is 2.30. The van der Waals surface area contributed by atoms with Crippen LogP contribution in [0.5, 0.6) is 17.4 Å². The molecule has 0 aliphatic carbocycles. The van der Waals surface area contributed by atoms with E-state index in [9.17, 15) is 4.79 Å². The molecule has 216 valence electrons. The van der Waals surface area contributed by atoms with Crippen LogP contribution in [0.15, 0.2) is 61.3 Å². The van der Waals surface area contributed by atoms with Crippen LogP contribution in [0.2, 0.25) is 0 Å². The molecule has 0 bridgehead atoms. The first-order valence-electron chi connectivity index (χ1n) is 13.8. The third-order valence-corrected chi connectivity index (χ3v) is 6.76. The number of piperidine rings is 1. The highest BCUT2D eigenvalue weighted by atomic mass is 16.6. The second-order valence-corrected chi connectivity index (χ2v) is 11.2. The number of carbonyl (C=O) groups is 1. The molecule has 1 saturated heterocycles. The molecule has 1 aliphatic rings. The van der Waals surface area contributed by atoms with E-state index < -0.39 is 5.60 Å². The molecule has 1 aliphatic heterocycles. The van der Waals surface area contributed by atoms with Crippen molar-refractivity contribution < 1.29 is 19.0 Å². The van der Waals surface area contributed by atoms with Gasteiger partial charge in [0.1, 0.15) is 41.4 Å². The molecule has 0 atom stereocenters. The van der Waals surface area contributed by atoms with E-state index in [2.05, 4.69) is 25.4 Å². The Morgan fingerprint density at radius 1 is 1.00 bits per heavy atom. The lowest BCUT2D eigenvalue weighted by atomic mass is 10.1. The maximum atomic E-state index is 12.4. The maximum absolute atomic E-state index is 12.4. The number of nitrogens with zero attached hydrogens (tertiary/aromatic N) is 7. The van der Waals surface area contributed by atoms with Gasteiger partial charge in [0.25, 0.3) is 0 Å². The molecule has 1 N–H and O–H groups in total. The first kappa shape index (κ1) is 27.2. The average Bonchev–Trinajstić information content (AvgIpc) is 3.42. The van der Waals surface area contributed by atoms with Crippen molar-refractivity contribution in [2.75, 3.05) is 18.4 Å². The number of pyridine rings is 2. The highest BCUT2D eigenvalue weighted by Gasteiger charge is 2.28. The Morgan fingerprint density at radius 3 is 2.62 bits per heavy atom. The Morgan fingerprint density at radius 2 is 1.83 bits per heavy atom. The lowest BCUT2D eigenvalue weighted by molar-refractivity contribution is 0.0123. The summed E-state index contributed by atoms with van der Waals surface area (Å²) >= 11 is 0. The van der Waals surface area contributed by atoms with Crippen LogP contribution in [0.3, 0.4) is 0 Å². The van der Waals surface area contributed by atoms with E-state index in [4.69, 9.17) is 19.2 Å². The van der Waals surface area contributed by atoms with Gasteiger partial charge in [0, 0.05) is 49.9 Å². The molecular formula is C30H32N8O4. The summed E-state index contributed by atoms with van der Waals surface area (Å²) in [6.07, 6.45) is 5.84. The number of aryl methyl sites for hydroxylation is 1. The summed E-state index contributed by atoms with van der Waals surface area (Å²) in [7, 11) is 0. The molecule has 5 heterocycles. The predicted molar refractivity (Wildman–Crippen MR) is 156 cm³/mol. The van der Waals surface area contributed by atoms with Crippen molar-refractivity contribution >= 4 is 34.3 Å². The smallest absolute Gasteiger partial charge is 0.410 e. The summed E-state index contributed by atoms with van der Waals surface area (Å²) in [5.41, 5.74) is 3.25. The summed E-state index contributed by atoms with van der Waals surface area (Å²) in [5.74, 6) is 2.45. The highest BCUT2D eigenvalue weighted by molar-refractivity contribution is 5.87. The zero-order chi connectivity index (χ0) is 29.3. The Labute approximate surface area is 242 Å². The van der Waals surface area contributed by atoms with Crippen LogP contribution < -0.4 is 14.8 Å². The lowest BCUT2D eigenvalue weighted by Crippen LogP contribution is -2.44. The summed E-state index contributed by atoms with van der Waals surface area (Å²) < 4.78 is 19.5. The quantitative estimate of drug-likeness (QED) is 0.273. The predicted octanol–water partition coefficient (Wildman–Crippen LogP) is 5.69. The van der Waals surface area contributed by atoms with E-state index >= 15 is 0 Å². The van der Waals surface area contributed by atoms with Crippen molar-refractivity contribution in [3.63, 3.8) is 0 Å². The van der Waals surface area contributed by atoms with Crippen LogP contribution >= 0.6 is 0 Å². The second-order valence-electron chi connectivity index (χ2n) is 11.2. The third-order valence-electron chi connectivity index (χ3n) is 6.76. The number of nitrogens with one attached hydrogen (secondary N) is 1. The number of ether oxygens (including phenoxy) is 3. The number of carbonyl (C=O) groups excluding carboxylic acids is 1. The van der Waals surface area contributed by atoms with Gasteiger partial charge in [-0.2, -0.15) is 5.10 Å². The van der Waals surface area contributed by atoms with Gasteiger partial charge in [0.2, 0.25) is 5.88 Å². The Kier molecular flexibility index (Phi) is 7.19. The van der Waals surface area contributed by atoms with Crippen molar-refractivity contribution in [1.29, 1.82) is 0 Å². The first-order valence-corrected chi connectivity index (χ1v) is 13.8. The Hall–Kier alpha value is -5.00. The van der Waals surface area contributed by atoms with Crippen LogP contribution in [-0.4, -0.2) is 65.3 Å². The molecule has 0 radical (unpaired) electrons. The van der Waals surface area contributed by atoms with Gasteiger partial charge in [-0.25, -0.2) is 29.2 Å². The number of fused-ring (bicyclic) bond motifs is 2. The van der Waals surface area contributed by atoms with Crippen molar-refractivity contribution in [1.82, 2.24) is 34.4 Å². The molecule has 42 heavy (non-hydrogen) atoms. The number of hydrogen-bond donors (Lipinski definition) is 1. The molecule has 1 amide bonds. The van der Waals surface area contributed by atoms with Gasteiger partial charge >= 0.3 is 6.09 Å². The third kappa shape index (κ3) is 6.17. The number of likely N-dealkylation sites (tertiary alicyclic amines) is 1. The van der Waals surface area contributed by atoms with Crippen molar-refractivity contribution in [2.24, 2.45) is 0 Å². The minimum Gasteiger partial charge on any atom is -0.474 e. The van der Waals surface area contributed by atoms with Gasteiger partial charge in [-0.1, -0.05) is 0 Å². The summed E-state index contributed by atoms with van der Waals surface area (Å²) in [6.45, 7) is 8.72. The molecular weight excluding hydrogens is 536 g/mol. The van der Waals surface area contributed by atoms with Crippen LogP contribution in [0.25, 0.3) is 16.7 Å². The lowest BCUT2D eigenvalue weighted by Gasteiger charge is -2.33. The molecule has 1 fully saturated rings. The minimum absolute atomic E-state index is 0.0599. The number of hydrogen-bond acceptors (Lipinski definition) is 10. The van der Waals surface area contributed by atoms with Crippen LogP contribution in [0.1, 0.15) is 39.2 Å². The molecule has 12 nitrogen and oxygen atoms in total. The Balaban J connectivity index is 1.13. The molecule has 6 rings (SSSR count). The van der Waals surface area contributed by atoms with E-state index in [0.717, 1.165) is 17.0 Å². The molecule has 0 spiro atoms. The molecule has 0 saturated carbocycles. The topological polar surface area (TPSA) is 129 Å². The van der Waals surface area contributed by atoms with Gasteiger partial charge in [0.05, 0.1) is 5.52 Å². The van der Waals surface area contributed by atoms with Crippen molar-refractivity contribution in [2.45, 2.75) is 52.2 Å². The molecule has 0 unspecified atom stereocenters. The first-order chi connectivity index (χ1) is 20.2. The zero-order valence-corrected chi connectivity index (χ0v) is 23.9. The van der Waals surface area contributed by atoms with Crippen molar-refractivity contribution in [3.8, 4) is 17.4 Å². The zero-order valence-electron chi connectivity index (χ0n) is 23.9. The molecule has 12 heteroatoms. The number of amides is 1. The number of rotatable bonds is 6. The van der Waals surface area contributed by atoms with E-state index in [-0.39, 0.29) is 12.2 Å². The van der Waals surface area contributed by atoms with Gasteiger partial charge in [-0.05, 0) is 63.6 Å². The van der Waals surface area contributed by atoms with E-state index in [1.165, 1.54) is 12.7 Å². The summed E-state index contributed by atoms with van der Waals surface area (Å²) in [4.78, 5) is 31.9. The van der Waals surface area contributed by atoms with Crippen LogP contribution in [0, 0.1) is 6.92 Å². The van der Waals surface area contributed by atoms with Gasteiger partial charge < -0.3 is 24.4 Å². The van der Waals surface area contributed by atoms with E-state index in [1.807, 2.05) is 70.2 Å². The standard InChI is InChI=1S/C30H32N8O4/c1-19-15-20(5-7-24(19)40-22-11-14-38-25(16-22)32-18-34-38)35-28-27-23(31-17-33-28)6-8-26(36-27)41-21-9-12-37(13-10-21)29(39)42-30(2,3)4/h5-8,11,14-18,21H,9-10,12-13H2,1-4H3,(H,31,33,35). The fourth-order valence-electron chi connectivity index (χ4n) is 4.70. The molecule has 4 aromatic heterocycles. The normalized spacial score (nSPS) is 14.2. The second kappa shape index (κ2) is 11.1. The van der Waals surface area contributed by atoms with Crippen LogP contribution in [-0.2, 0) is 4.74 Å². The Bertz CT molecular complexity index is 1740. The van der Waals surface area contributed by atoms with Gasteiger partial charge in [0.15, 0.2) is 11.5 Å². The summed E-state index contributed by atoms with van der Waals surface area (Å²) in [5, 5.41) is 7.47. The van der Waals surface area contributed by atoms with Crippen molar-refractivity contribution in [3.05, 3.63) is 66.9 Å². The average molecular weight is 569 g/mol. The maximum Gasteiger partial charge on any atom is 0.410 e. The van der Waals surface area contributed by atoms with Gasteiger partial charge in [-0.3, -0.25) is 0 Å². The number of benzene rings is 1. The monoisotopic (exact) mass is 568 g/mol. The van der Waals surface area contributed by atoms with E-state index in [0.29, 0.717) is 60.1 Å². The van der Waals surface area contributed by atoms with Crippen LogP contribution in [0.4, 0.5) is 16.3 Å². The molecule has 5 aromatic rings.